The number of likely N-dealkylation sites (N-methyl/N-ethyl adjacent to an activating group) is 1. The van der Waals surface area contributed by atoms with Crippen LogP contribution in [0.2, 0.25) is 0 Å². The van der Waals surface area contributed by atoms with Gasteiger partial charge in [-0.05, 0) is 55.9 Å². The molecule has 178 valence electrons. The van der Waals surface area contributed by atoms with Gasteiger partial charge in [-0.2, -0.15) is 5.10 Å². The summed E-state index contributed by atoms with van der Waals surface area (Å²) < 4.78 is 0. The number of aromatic nitrogens is 6. The largest absolute Gasteiger partial charge is 0.357 e. The van der Waals surface area contributed by atoms with Gasteiger partial charge in [-0.25, -0.2) is 9.97 Å². The van der Waals surface area contributed by atoms with Gasteiger partial charge in [-0.15, -0.1) is 0 Å². The van der Waals surface area contributed by atoms with Crippen LogP contribution < -0.4 is 5.32 Å². The second-order valence-electron chi connectivity index (χ2n) is 9.22. The van der Waals surface area contributed by atoms with Gasteiger partial charge in [0.05, 0.1) is 23.3 Å². The van der Waals surface area contributed by atoms with Crippen molar-refractivity contribution in [2.75, 3.05) is 26.0 Å². The van der Waals surface area contributed by atoms with Crippen molar-refractivity contribution >= 4 is 33.3 Å². The Balaban J connectivity index is 1.37. The van der Waals surface area contributed by atoms with Gasteiger partial charge in [0.25, 0.3) is 0 Å². The Bertz CT molecular complexity index is 1670. The highest BCUT2D eigenvalue weighted by molar-refractivity contribution is 5.99. The first-order valence-corrected chi connectivity index (χ1v) is 11.8. The summed E-state index contributed by atoms with van der Waals surface area (Å²) in [5.41, 5.74) is 9.39. The number of anilines is 1. The molecule has 36 heavy (non-hydrogen) atoms. The van der Waals surface area contributed by atoms with Gasteiger partial charge in [-0.1, -0.05) is 24.8 Å². The van der Waals surface area contributed by atoms with Crippen LogP contribution in [0.15, 0.2) is 79.6 Å². The lowest BCUT2D eigenvalue weighted by atomic mass is 10.0. The molecule has 1 aliphatic rings. The van der Waals surface area contributed by atoms with Crippen molar-refractivity contribution < 1.29 is 0 Å². The van der Waals surface area contributed by atoms with Crippen LogP contribution in [0.4, 0.5) is 5.69 Å². The summed E-state index contributed by atoms with van der Waals surface area (Å²) in [6.07, 6.45) is 14.8. The summed E-state index contributed by atoms with van der Waals surface area (Å²) in [7, 11) is 4.02. The number of fused-ring (bicyclic) bond motifs is 2. The van der Waals surface area contributed by atoms with E-state index in [0.29, 0.717) is 5.65 Å². The molecule has 0 fully saturated rings. The fourth-order valence-corrected chi connectivity index (χ4v) is 4.63. The zero-order valence-corrected chi connectivity index (χ0v) is 20.2. The van der Waals surface area contributed by atoms with Crippen LogP contribution >= 0.6 is 0 Å². The molecule has 5 aromatic heterocycles. The minimum Gasteiger partial charge on any atom is -0.357 e. The summed E-state index contributed by atoms with van der Waals surface area (Å²) in [5, 5.41) is 13.0. The van der Waals surface area contributed by atoms with E-state index < -0.39 is 0 Å². The Hall–Kier alpha value is -4.56. The molecule has 0 atom stereocenters. The van der Waals surface area contributed by atoms with E-state index in [-0.39, 0.29) is 0 Å². The molecule has 8 nitrogen and oxygen atoms in total. The van der Waals surface area contributed by atoms with Crippen LogP contribution in [0.1, 0.15) is 12.0 Å². The summed E-state index contributed by atoms with van der Waals surface area (Å²) in [6, 6.07) is 8.34. The van der Waals surface area contributed by atoms with Crippen molar-refractivity contribution in [3.05, 3.63) is 85.1 Å². The van der Waals surface area contributed by atoms with Crippen LogP contribution in [-0.2, 0) is 0 Å². The highest BCUT2D eigenvalue weighted by Gasteiger charge is 2.16. The Labute approximate surface area is 208 Å². The molecule has 0 amide bonds. The van der Waals surface area contributed by atoms with E-state index in [0.717, 1.165) is 63.3 Å². The summed E-state index contributed by atoms with van der Waals surface area (Å²) in [4.78, 5) is 19.1. The second kappa shape index (κ2) is 8.90. The van der Waals surface area contributed by atoms with Gasteiger partial charge < -0.3 is 15.2 Å². The normalized spacial score (nSPS) is 13.1. The highest BCUT2D eigenvalue weighted by Crippen LogP contribution is 2.34. The molecule has 0 bridgehead atoms. The van der Waals surface area contributed by atoms with E-state index in [4.69, 9.17) is 0 Å². The third-order valence-corrected chi connectivity index (χ3v) is 6.19. The predicted molar refractivity (Wildman–Crippen MR) is 145 cm³/mol. The van der Waals surface area contributed by atoms with Gasteiger partial charge in [0.1, 0.15) is 5.65 Å². The van der Waals surface area contributed by atoms with E-state index in [1.165, 1.54) is 11.1 Å². The van der Waals surface area contributed by atoms with E-state index in [2.05, 4.69) is 89.4 Å². The van der Waals surface area contributed by atoms with Crippen molar-refractivity contribution in [2.24, 2.45) is 0 Å². The predicted octanol–water partition coefficient (Wildman–Crippen LogP) is 5.39. The molecule has 0 radical (unpaired) electrons. The quantitative estimate of drug-likeness (QED) is 0.292. The summed E-state index contributed by atoms with van der Waals surface area (Å²) >= 11 is 0. The third-order valence-electron chi connectivity index (χ3n) is 6.19. The first kappa shape index (κ1) is 21.9. The van der Waals surface area contributed by atoms with E-state index in [1.807, 2.05) is 32.7 Å². The molecule has 3 N–H and O–H groups in total. The van der Waals surface area contributed by atoms with Crippen molar-refractivity contribution in [3.63, 3.8) is 0 Å². The van der Waals surface area contributed by atoms with Crippen molar-refractivity contribution in [3.8, 4) is 22.5 Å². The number of rotatable bonds is 7. The minimum atomic E-state index is 0.656. The lowest BCUT2D eigenvalue weighted by Crippen LogP contribution is -2.18. The molecule has 0 aromatic carbocycles. The molecular formula is C28H26N8. The maximum Gasteiger partial charge on any atom is 0.181 e. The van der Waals surface area contributed by atoms with E-state index in [9.17, 15) is 0 Å². The van der Waals surface area contributed by atoms with Crippen LogP contribution in [-0.4, -0.2) is 55.7 Å². The van der Waals surface area contributed by atoms with Crippen LogP contribution in [0.5, 0.6) is 0 Å². The Morgan fingerprint density at radius 2 is 1.97 bits per heavy atom. The molecule has 0 unspecified atom stereocenters. The first-order chi connectivity index (χ1) is 17.5. The Morgan fingerprint density at radius 1 is 1.08 bits per heavy atom. The Kier molecular flexibility index (Phi) is 5.42. The zero-order valence-electron chi connectivity index (χ0n) is 20.2. The molecule has 0 saturated carbocycles. The molecule has 0 saturated heterocycles. The van der Waals surface area contributed by atoms with Gasteiger partial charge in [0.15, 0.2) is 5.65 Å². The number of allylic oxidation sites excluding steroid dienone is 4. The van der Waals surface area contributed by atoms with Gasteiger partial charge in [0.2, 0.25) is 0 Å². The number of aromatic amines is 2. The summed E-state index contributed by atoms with van der Waals surface area (Å²) in [5.74, 6) is 0. The average Bonchev–Trinajstić information content (AvgIpc) is 3.62. The summed E-state index contributed by atoms with van der Waals surface area (Å²) in [6.45, 7) is 4.84. The van der Waals surface area contributed by atoms with Crippen LogP contribution in [0, 0.1) is 0 Å². The molecule has 0 aliphatic heterocycles. The number of hydrogen-bond donors (Lipinski definition) is 3. The van der Waals surface area contributed by atoms with Crippen molar-refractivity contribution in [2.45, 2.75) is 6.42 Å². The number of nitrogens with one attached hydrogen (secondary N) is 3. The maximum absolute atomic E-state index is 4.61. The molecule has 1 aliphatic carbocycles. The standard InChI is InChI=1S/C28H26N8/c1-17(16-36(2)3)32-21-10-19(13-29-15-21)20-11-24-26(34-35-28(24)31-14-20)25-12-23-22(18-6-4-5-7-18)8-9-30-27(23)33-25/h4,6-15,32H,1,5,16H2,2-3H3,(H,30,33)(H,31,34,35). The highest BCUT2D eigenvalue weighted by atomic mass is 15.2. The van der Waals surface area contributed by atoms with Gasteiger partial charge in [-0.3, -0.25) is 10.1 Å². The van der Waals surface area contributed by atoms with Gasteiger partial charge in [0, 0.05) is 52.7 Å². The number of hydrogen-bond acceptors (Lipinski definition) is 6. The SMILES string of the molecule is C=C(CN(C)C)Nc1cncc(-c2cnc3n[nH]c(-c4cc5c(C6=CCC=C6)ccnc5[nH]4)c3c2)c1. The smallest absolute Gasteiger partial charge is 0.181 e. The molecule has 5 aromatic rings. The fourth-order valence-electron chi connectivity index (χ4n) is 4.63. The average molecular weight is 475 g/mol. The molecule has 5 heterocycles. The third kappa shape index (κ3) is 4.08. The van der Waals surface area contributed by atoms with Crippen molar-refractivity contribution in [1.82, 2.24) is 35.0 Å². The zero-order chi connectivity index (χ0) is 24.6. The van der Waals surface area contributed by atoms with Crippen LogP contribution in [0.25, 0.3) is 50.2 Å². The maximum atomic E-state index is 4.61. The first-order valence-electron chi connectivity index (χ1n) is 11.8. The van der Waals surface area contributed by atoms with E-state index >= 15 is 0 Å². The lowest BCUT2D eigenvalue weighted by Gasteiger charge is -2.14. The minimum absolute atomic E-state index is 0.656. The molecule has 0 spiro atoms. The Morgan fingerprint density at radius 3 is 2.81 bits per heavy atom. The fraction of sp³-hybridized carbons (Fsp3) is 0.143. The monoisotopic (exact) mass is 474 g/mol. The molecular weight excluding hydrogens is 448 g/mol. The lowest BCUT2D eigenvalue weighted by molar-refractivity contribution is 0.447. The van der Waals surface area contributed by atoms with E-state index in [1.54, 1.807) is 6.20 Å². The topological polar surface area (TPSA) is 98.4 Å². The molecule has 6 rings (SSSR count). The number of pyridine rings is 3. The number of nitrogens with zero attached hydrogens (tertiary/aromatic N) is 5. The number of H-pyrrole nitrogens is 2. The second-order valence-corrected chi connectivity index (χ2v) is 9.22. The van der Waals surface area contributed by atoms with Gasteiger partial charge >= 0.3 is 0 Å². The molecule has 8 heteroatoms. The van der Waals surface area contributed by atoms with Crippen molar-refractivity contribution in [1.29, 1.82) is 0 Å². The van der Waals surface area contributed by atoms with Crippen LogP contribution in [0.3, 0.4) is 0 Å².